The number of alkyl halides is 1. The zero-order chi connectivity index (χ0) is 29.0. The summed E-state index contributed by atoms with van der Waals surface area (Å²) in [5, 5.41) is 9.64. The molecule has 0 aromatic heterocycles. The molecule has 0 heterocycles. The number of halogens is 1. The first kappa shape index (κ1) is 39.9. The minimum absolute atomic E-state index is 0.254. The topological polar surface area (TPSA) is 49.3 Å². The van der Waals surface area contributed by atoms with Crippen molar-refractivity contribution in [3.8, 4) is 0 Å². The van der Waals surface area contributed by atoms with Crippen molar-refractivity contribution in [3.63, 3.8) is 0 Å². The van der Waals surface area contributed by atoms with Crippen molar-refractivity contribution >= 4 is 21.8 Å². The molecule has 0 aliphatic heterocycles. The number of rotatable bonds is 35. The van der Waals surface area contributed by atoms with Crippen LogP contribution in [0.2, 0.25) is 0 Å². The zero-order valence-corrected chi connectivity index (χ0v) is 28.6. The lowest BCUT2D eigenvalue weighted by Crippen LogP contribution is -2.17. The highest BCUT2D eigenvalue weighted by Crippen LogP contribution is 2.17. The Morgan fingerprint density at radius 2 is 0.525 bits per heavy atom. The number of hydrogen-bond donors (Lipinski definition) is 2. The Balaban J connectivity index is 3.04. The molecule has 0 radical (unpaired) electrons. The van der Waals surface area contributed by atoms with E-state index in [1.165, 1.54) is 204 Å². The van der Waals surface area contributed by atoms with E-state index in [2.05, 4.69) is 15.9 Å². The van der Waals surface area contributed by atoms with Crippen LogP contribution >= 0.6 is 15.9 Å². The van der Waals surface area contributed by atoms with E-state index in [0.29, 0.717) is 6.42 Å². The van der Waals surface area contributed by atoms with E-state index < -0.39 is 0 Å². The SMILES string of the molecule is O=C(CCCCCCCCCCCCCCCCCCCCCCCCCCCCCCCCCCCBr)NO. The first-order valence-corrected chi connectivity index (χ1v) is 19.4. The van der Waals surface area contributed by atoms with Gasteiger partial charge in [-0.3, -0.25) is 10.0 Å². The van der Waals surface area contributed by atoms with Gasteiger partial charge in [0.25, 0.3) is 0 Å². The van der Waals surface area contributed by atoms with E-state index in [1.54, 1.807) is 5.48 Å². The molecule has 240 valence electrons. The highest BCUT2D eigenvalue weighted by molar-refractivity contribution is 9.09. The monoisotopic (exact) mass is 629 g/mol. The van der Waals surface area contributed by atoms with Gasteiger partial charge >= 0.3 is 0 Å². The summed E-state index contributed by atoms with van der Waals surface area (Å²) in [5.74, 6) is -0.254. The third-order valence-electron chi connectivity index (χ3n) is 8.66. The summed E-state index contributed by atoms with van der Waals surface area (Å²) in [7, 11) is 0. The van der Waals surface area contributed by atoms with Gasteiger partial charge < -0.3 is 0 Å². The quantitative estimate of drug-likeness (QED) is 0.0317. The number of hydrogen-bond acceptors (Lipinski definition) is 2. The molecule has 0 aliphatic carbocycles. The van der Waals surface area contributed by atoms with Crippen LogP contribution in [-0.4, -0.2) is 16.4 Å². The largest absolute Gasteiger partial charge is 0.289 e. The van der Waals surface area contributed by atoms with Crippen molar-refractivity contribution in [3.05, 3.63) is 0 Å². The maximum atomic E-state index is 10.9. The molecular formula is C36H72BrNO2. The molecule has 0 saturated heterocycles. The minimum atomic E-state index is -0.254. The summed E-state index contributed by atoms with van der Waals surface area (Å²) in [4.78, 5) is 10.9. The number of unbranched alkanes of at least 4 members (excludes halogenated alkanes) is 32. The Labute approximate surface area is 260 Å². The minimum Gasteiger partial charge on any atom is -0.289 e. The first-order valence-electron chi connectivity index (χ1n) is 18.3. The van der Waals surface area contributed by atoms with Crippen LogP contribution in [0.4, 0.5) is 0 Å². The van der Waals surface area contributed by atoms with E-state index in [0.717, 1.165) is 12.8 Å². The predicted octanol–water partition coefficient (Wildman–Crippen LogP) is 13.2. The molecule has 0 aromatic carbocycles. The Morgan fingerprint density at radius 3 is 0.700 bits per heavy atom. The molecule has 0 saturated carbocycles. The average Bonchev–Trinajstić information content (AvgIpc) is 2.97. The smallest absolute Gasteiger partial charge is 0.243 e. The average molecular weight is 631 g/mol. The van der Waals surface area contributed by atoms with Crippen molar-refractivity contribution in [1.29, 1.82) is 0 Å². The molecule has 0 aliphatic rings. The third kappa shape index (κ3) is 35.9. The predicted molar refractivity (Wildman–Crippen MR) is 181 cm³/mol. The highest BCUT2D eigenvalue weighted by atomic mass is 79.9. The molecule has 0 fully saturated rings. The van der Waals surface area contributed by atoms with Crippen molar-refractivity contribution in [2.24, 2.45) is 0 Å². The van der Waals surface area contributed by atoms with E-state index in [9.17, 15) is 4.79 Å². The van der Waals surface area contributed by atoms with Crippen LogP contribution in [0.5, 0.6) is 0 Å². The van der Waals surface area contributed by atoms with E-state index >= 15 is 0 Å². The van der Waals surface area contributed by atoms with Crippen LogP contribution in [0.1, 0.15) is 218 Å². The molecule has 40 heavy (non-hydrogen) atoms. The molecule has 0 aromatic rings. The van der Waals surface area contributed by atoms with Crippen LogP contribution in [0.15, 0.2) is 0 Å². The summed E-state index contributed by atoms with van der Waals surface area (Å²) >= 11 is 3.52. The molecule has 0 rings (SSSR count). The number of carbonyl (C=O) groups excluding carboxylic acids is 1. The standard InChI is InChI=1S/C36H72BrNO2/c37-35-33-31-29-27-25-23-21-19-17-15-13-11-9-7-5-3-1-2-4-6-8-10-12-14-16-18-20-22-24-26-28-30-32-34-36(39)38-40/h40H,1-35H2,(H,38,39). The van der Waals surface area contributed by atoms with Crippen LogP contribution in [0.3, 0.4) is 0 Å². The van der Waals surface area contributed by atoms with Gasteiger partial charge in [0, 0.05) is 11.8 Å². The Kier molecular flexibility index (Phi) is 36.9. The van der Waals surface area contributed by atoms with Gasteiger partial charge in [0.15, 0.2) is 0 Å². The number of hydroxylamine groups is 1. The van der Waals surface area contributed by atoms with Gasteiger partial charge in [-0.25, -0.2) is 5.48 Å². The van der Waals surface area contributed by atoms with Crippen LogP contribution < -0.4 is 5.48 Å². The lowest BCUT2D eigenvalue weighted by atomic mass is 10.0. The molecule has 4 heteroatoms. The van der Waals surface area contributed by atoms with E-state index in [4.69, 9.17) is 5.21 Å². The summed E-state index contributed by atoms with van der Waals surface area (Å²) in [6.45, 7) is 0. The summed E-state index contributed by atoms with van der Waals surface area (Å²) in [5.41, 5.74) is 1.70. The molecule has 0 bridgehead atoms. The van der Waals surface area contributed by atoms with Crippen LogP contribution in [0.25, 0.3) is 0 Å². The van der Waals surface area contributed by atoms with Gasteiger partial charge in [-0.15, -0.1) is 0 Å². The van der Waals surface area contributed by atoms with Gasteiger partial charge in [-0.05, 0) is 12.8 Å². The normalized spacial score (nSPS) is 11.3. The second kappa shape index (κ2) is 36.9. The number of carbonyl (C=O) groups is 1. The first-order chi connectivity index (χ1) is 19.8. The van der Waals surface area contributed by atoms with Gasteiger partial charge in [-0.2, -0.15) is 0 Å². The third-order valence-corrected chi connectivity index (χ3v) is 9.22. The molecule has 3 nitrogen and oxygen atoms in total. The Morgan fingerprint density at radius 1 is 0.350 bits per heavy atom. The molecule has 1 amide bonds. The van der Waals surface area contributed by atoms with E-state index in [1.807, 2.05) is 0 Å². The second-order valence-electron chi connectivity index (χ2n) is 12.6. The molecular weight excluding hydrogens is 558 g/mol. The van der Waals surface area contributed by atoms with Crippen molar-refractivity contribution in [2.45, 2.75) is 218 Å². The Bertz CT molecular complexity index is 474. The highest BCUT2D eigenvalue weighted by Gasteiger charge is 1.99. The molecule has 0 spiro atoms. The molecule has 0 atom stereocenters. The summed E-state index contributed by atoms with van der Waals surface area (Å²) < 4.78 is 0. The zero-order valence-electron chi connectivity index (χ0n) is 27.0. The summed E-state index contributed by atoms with van der Waals surface area (Å²) in [6.07, 6.45) is 46.9. The maximum absolute atomic E-state index is 10.9. The maximum Gasteiger partial charge on any atom is 0.243 e. The summed E-state index contributed by atoms with van der Waals surface area (Å²) in [6, 6.07) is 0. The number of amides is 1. The van der Waals surface area contributed by atoms with Crippen LogP contribution in [0, 0.1) is 0 Å². The number of nitrogens with one attached hydrogen (secondary N) is 1. The fourth-order valence-electron chi connectivity index (χ4n) is 5.92. The lowest BCUT2D eigenvalue weighted by Gasteiger charge is -2.05. The van der Waals surface area contributed by atoms with Crippen molar-refractivity contribution < 1.29 is 10.0 Å². The van der Waals surface area contributed by atoms with Gasteiger partial charge in [0.2, 0.25) is 5.91 Å². The Hall–Kier alpha value is -0.0900. The fourth-order valence-corrected chi connectivity index (χ4v) is 6.31. The molecule has 2 N–H and O–H groups in total. The van der Waals surface area contributed by atoms with Crippen molar-refractivity contribution in [2.75, 3.05) is 5.33 Å². The van der Waals surface area contributed by atoms with Gasteiger partial charge in [-0.1, -0.05) is 215 Å². The fraction of sp³-hybridized carbons (Fsp3) is 0.972. The van der Waals surface area contributed by atoms with E-state index in [-0.39, 0.29) is 5.91 Å². The second-order valence-corrected chi connectivity index (χ2v) is 13.4. The van der Waals surface area contributed by atoms with Crippen molar-refractivity contribution in [1.82, 2.24) is 5.48 Å². The molecule has 0 unspecified atom stereocenters. The van der Waals surface area contributed by atoms with Crippen LogP contribution in [-0.2, 0) is 4.79 Å². The van der Waals surface area contributed by atoms with Gasteiger partial charge in [0.1, 0.15) is 0 Å². The lowest BCUT2D eigenvalue weighted by molar-refractivity contribution is -0.129. The van der Waals surface area contributed by atoms with Gasteiger partial charge in [0.05, 0.1) is 0 Å².